The lowest BCUT2D eigenvalue weighted by Crippen LogP contribution is -2.23. The van der Waals surface area contributed by atoms with Gasteiger partial charge in [0, 0.05) is 0 Å². The molecule has 0 radical (unpaired) electrons. The van der Waals surface area contributed by atoms with E-state index in [0.717, 1.165) is 0 Å². The zero-order valence-corrected chi connectivity index (χ0v) is 15.4. The molecule has 0 N–H and O–H groups in total. The SMILES string of the molecule is c1ccc([S+]2C[S+](c3ccccc3)c3cccc4cccc2c34)cc1. The molecular formula is C23H18S2+2. The van der Waals surface area contributed by atoms with Gasteiger partial charge in [0.15, 0.2) is 19.6 Å². The molecule has 25 heavy (non-hydrogen) atoms. The standard InChI is InChI=1S/C23H18S2/c1-3-11-19(12-4-1)24-17-25(20-13-5-2-6-14-20)22-16-8-10-18-9-7-15-21(24)23(18)22/h1-16H,17H2/q+2. The van der Waals surface area contributed by atoms with Crippen LogP contribution >= 0.6 is 0 Å². The first-order chi connectivity index (χ1) is 12.4. The van der Waals surface area contributed by atoms with E-state index in [0.29, 0.717) is 0 Å². The third-order valence-corrected chi connectivity index (χ3v) is 9.96. The topological polar surface area (TPSA) is 0 Å². The highest BCUT2D eigenvalue weighted by atomic mass is 32.3. The Morgan fingerprint density at radius 1 is 0.480 bits per heavy atom. The van der Waals surface area contributed by atoms with Crippen molar-refractivity contribution in [2.45, 2.75) is 19.6 Å². The average molecular weight is 359 g/mol. The van der Waals surface area contributed by atoms with Gasteiger partial charge in [-0.1, -0.05) is 60.7 Å². The van der Waals surface area contributed by atoms with E-state index in [2.05, 4.69) is 97.1 Å². The van der Waals surface area contributed by atoms with Crippen molar-refractivity contribution in [1.29, 1.82) is 0 Å². The molecule has 0 nitrogen and oxygen atoms in total. The summed E-state index contributed by atoms with van der Waals surface area (Å²) in [6.45, 7) is 0. The van der Waals surface area contributed by atoms with Gasteiger partial charge in [-0.3, -0.25) is 0 Å². The van der Waals surface area contributed by atoms with Crippen molar-refractivity contribution in [1.82, 2.24) is 0 Å². The second-order valence-corrected chi connectivity index (χ2v) is 10.5. The first kappa shape index (κ1) is 15.1. The maximum Gasteiger partial charge on any atom is 0.279 e. The number of hydrogen-bond donors (Lipinski definition) is 0. The minimum absolute atomic E-state index is 0.125. The summed E-state index contributed by atoms with van der Waals surface area (Å²) in [6, 6.07) is 35.7. The molecule has 5 rings (SSSR count). The summed E-state index contributed by atoms with van der Waals surface area (Å²) in [7, 11) is 0.251. The highest BCUT2D eigenvalue weighted by Crippen LogP contribution is 2.43. The molecule has 2 unspecified atom stereocenters. The monoisotopic (exact) mass is 358 g/mol. The van der Waals surface area contributed by atoms with Gasteiger partial charge in [-0.25, -0.2) is 0 Å². The molecule has 0 spiro atoms. The average Bonchev–Trinajstić information content (AvgIpc) is 2.70. The number of benzene rings is 4. The predicted octanol–water partition coefficient (Wildman–Crippen LogP) is 5.88. The van der Waals surface area contributed by atoms with E-state index in [4.69, 9.17) is 0 Å². The maximum atomic E-state index is 2.34. The molecule has 0 fully saturated rings. The highest BCUT2D eigenvalue weighted by molar-refractivity contribution is 8.14. The van der Waals surface area contributed by atoms with E-state index in [-0.39, 0.29) is 21.8 Å². The van der Waals surface area contributed by atoms with Crippen molar-refractivity contribution in [3.05, 3.63) is 97.1 Å². The van der Waals surface area contributed by atoms with Crippen LogP contribution in [-0.4, -0.2) is 5.08 Å². The molecule has 0 saturated carbocycles. The Hall–Kier alpha value is -2.16. The molecule has 4 aromatic rings. The van der Waals surface area contributed by atoms with Crippen LogP contribution in [0.1, 0.15) is 0 Å². The van der Waals surface area contributed by atoms with Crippen LogP contribution in [0.5, 0.6) is 0 Å². The van der Waals surface area contributed by atoms with E-state index in [1.807, 2.05) is 0 Å². The Labute approximate surface area is 154 Å². The summed E-state index contributed by atoms with van der Waals surface area (Å²) in [5.74, 6) is 0. The normalized spacial score (nSPS) is 19.0. The molecule has 0 aliphatic carbocycles. The fourth-order valence-electron chi connectivity index (χ4n) is 3.49. The third-order valence-electron chi connectivity index (χ3n) is 4.65. The quantitative estimate of drug-likeness (QED) is 0.392. The molecule has 1 aliphatic rings. The minimum Gasteiger partial charge on any atom is -0.0619 e. The van der Waals surface area contributed by atoms with Crippen LogP contribution in [0.25, 0.3) is 10.8 Å². The molecule has 1 heterocycles. The van der Waals surface area contributed by atoms with Gasteiger partial charge < -0.3 is 0 Å². The van der Waals surface area contributed by atoms with E-state index in [1.165, 1.54) is 35.4 Å². The second kappa shape index (κ2) is 6.29. The fraction of sp³-hybridized carbons (Fsp3) is 0.0435. The second-order valence-electron chi connectivity index (χ2n) is 6.14. The molecule has 2 heteroatoms. The van der Waals surface area contributed by atoms with Gasteiger partial charge in [0.1, 0.15) is 21.8 Å². The van der Waals surface area contributed by atoms with Gasteiger partial charge in [-0.15, -0.1) is 0 Å². The fourth-order valence-corrected chi connectivity index (χ4v) is 9.51. The largest absolute Gasteiger partial charge is 0.279 e. The van der Waals surface area contributed by atoms with E-state index in [1.54, 1.807) is 0 Å². The molecule has 0 aromatic heterocycles. The lowest BCUT2D eigenvalue weighted by Gasteiger charge is -2.18. The van der Waals surface area contributed by atoms with Gasteiger partial charge in [-0.2, -0.15) is 0 Å². The van der Waals surface area contributed by atoms with Crippen LogP contribution in [-0.2, 0) is 21.8 Å². The molecule has 0 bridgehead atoms. The first-order valence-electron chi connectivity index (χ1n) is 8.45. The Morgan fingerprint density at radius 2 is 0.960 bits per heavy atom. The van der Waals surface area contributed by atoms with Crippen LogP contribution in [0.2, 0.25) is 0 Å². The van der Waals surface area contributed by atoms with Crippen LogP contribution in [0.15, 0.2) is 117 Å². The predicted molar refractivity (Wildman–Crippen MR) is 109 cm³/mol. The van der Waals surface area contributed by atoms with E-state index >= 15 is 0 Å². The van der Waals surface area contributed by atoms with Gasteiger partial charge in [0.2, 0.25) is 0 Å². The minimum atomic E-state index is 0.125. The van der Waals surface area contributed by atoms with Gasteiger partial charge >= 0.3 is 0 Å². The Balaban J connectivity index is 1.79. The zero-order valence-electron chi connectivity index (χ0n) is 13.8. The maximum absolute atomic E-state index is 2.34. The van der Waals surface area contributed by atoms with Gasteiger partial charge in [-0.05, 0) is 41.8 Å². The van der Waals surface area contributed by atoms with E-state index < -0.39 is 0 Å². The summed E-state index contributed by atoms with van der Waals surface area (Å²) < 4.78 is 0. The van der Waals surface area contributed by atoms with E-state index in [9.17, 15) is 0 Å². The Bertz CT molecular complexity index is 945. The number of hydrogen-bond acceptors (Lipinski definition) is 0. The lowest BCUT2D eigenvalue weighted by molar-refractivity contribution is 1.33. The van der Waals surface area contributed by atoms with Crippen LogP contribution in [0.3, 0.4) is 0 Å². The lowest BCUT2D eigenvalue weighted by atomic mass is 10.1. The molecule has 0 saturated heterocycles. The summed E-state index contributed by atoms with van der Waals surface area (Å²) in [6.07, 6.45) is 0. The Morgan fingerprint density at radius 3 is 1.44 bits per heavy atom. The smallest absolute Gasteiger partial charge is 0.0619 e. The highest BCUT2D eigenvalue weighted by Gasteiger charge is 2.45. The molecule has 4 aromatic carbocycles. The zero-order chi connectivity index (χ0) is 16.6. The van der Waals surface area contributed by atoms with Gasteiger partial charge in [0.05, 0.1) is 5.39 Å². The summed E-state index contributed by atoms with van der Waals surface area (Å²) in [5.41, 5.74) is 0. The van der Waals surface area contributed by atoms with Gasteiger partial charge in [0.25, 0.3) is 5.08 Å². The molecule has 2 atom stereocenters. The van der Waals surface area contributed by atoms with Crippen molar-refractivity contribution < 1.29 is 0 Å². The Kier molecular flexibility index (Phi) is 3.80. The molecule has 0 amide bonds. The summed E-state index contributed by atoms with van der Waals surface area (Å²) in [4.78, 5) is 5.94. The first-order valence-corrected chi connectivity index (χ1v) is 11.2. The van der Waals surface area contributed by atoms with Crippen LogP contribution in [0.4, 0.5) is 0 Å². The van der Waals surface area contributed by atoms with Crippen molar-refractivity contribution in [3.8, 4) is 0 Å². The molecule has 1 aliphatic heterocycles. The van der Waals surface area contributed by atoms with Crippen molar-refractivity contribution in [2.75, 3.05) is 5.08 Å². The molecular weight excluding hydrogens is 340 g/mol. The third kappa shape index (κ3) is 2.57. The van der Waals surface area contributed by atoms with Crippen LogP contribution < -0.4 is 0 Å². The van der Waals surface area contributed by atoms with Crippen molar-refractivity contribution >= 4 is 32.6 Å². The van der Waals surface area contributed by atoms with Crippen molar-refractivity contribution in [2.24, 2.45) is 0 Å². The summed E-state index contributed by atoms with van der Waals surface area (Å²) in [5, 5.41) is 4.04. The number of rotatable bonds is 2. The summed E-state index contributed by atoms with van der Waals surface area (Å²) >= 11 is 0. The van der Waals surface area contributed by atoms with Crippen molar-refractivity contribution in [3.63, 3.8) is 0 Å². The molecule has 120 valence electrons. The van der Waals surface area contributed by atoms with Crippen LogP contribution in [0, 0.1) is 0 Å².